The Morgan fingerprint density at radius 2 is 2.20 bits per heavy atom. The van der Waals surface area contributed by atoms with Crippen LogP contribution in [-0.2, 0) is 10.2 Å². The van der Waals surface area contributed by atoms with Crippen LogP contribution in [-0.4, -0.2) is 60.0 Å². The fourth-order valence-corrected chi connectivity index (χ4v) is 5.70. The number of hydrogen-bond donors (Lipinski definition) is 3. The Hall–Kier alpha value is -2.64. The molecule has 35 heavy (non-hydrogen) atoms. The van der Waals surface area contributed by atoms with Crippen molar-refractivity contribution < 1.29 is 14.6 Å². The molecule has 1 aromatic carbocycles. The monoisotopic (exact) mass is 478 g/mol. The molecule has 0 unspecified atom stereocenters. The number of fused-ring (bicyclic) bond motifs is 1. The summed E-state index contributed by atoms with van der Waals surface area (Å²) in [6.07, 6.45) is 4.30. The Bertz CT molecular complexity index is 1090. The van der Waals surface area contributed by atoms with E-state index in [2.05, 4.69) is 48.7 Å². The lowest BCUT2D eigenvalue weighted by molar-refractivity contribution is 0.0795. The number of ether oxygens (including phenoxy) is 1. The molecule has 1 aromatic heterocycles. The van der Waals surface area contributed by atoms with E-state index >= 15 is 0 Å². The Kier molecular flexibility index (Phi) is 6.73. The van der Waals surface area contributed by atoms with Gasteiger partial charge in [0.2, 0.25) is 0 Å². The molecule has 2 amide bonds. The van der Waals surface area contributed by atoms with Gasteiger partial charge in [0, 0.05) is 36.8 Å². The van der Waals surface area contributed by atoms with Crippen LogP contribution in [0.2, 0.25) is 0 Å². The van der Waals surface area contributed by atoms with Gasteiger partial charge in [0.25, 0.3) is 0 Å². The Labute approximate surface area is 208 Å². The molecule has 2 aromatic rings. The van der Waals surface area contributed by atoms with E-state index in [1.54, 1.807) is 0 Å². The lowest BCUT2D eigenvalue weighted by Crippen LogP contribution is -2.32. The molecule has 7 heteroatoms. The third-order valence-corrected chi connectivity index (χ3v) is 8.20. The maximum absolute atomic E-state index is 12.9. The lowest BCUT2D eigenvalue weighted by atomic mass is 9.90. The topological polar surface area (TPSA) is 86.7 Å². The van der Waals surface area contributed by atoms with Crippen LogP contribution in [0.4, 0.5) is 16.3 Å². The number of aliphatic hydroxyl groups excluding tert-OH is 1. The van der Waals surface area contributed by atoms with Crippen molar-refractivity contribution in [2.24, 2.45) is 11.8 Å². The van der Waals surface area contributed by atoms with E-state index in [1.807, 2.05) is 17.9 Å². The number of hydrogen-bond acceptors (Lipinski definition) is 5. The van der Waals surface area contributed by atoms with Gasteiger partial charge in [0.1, 0.15) is 5.82 Å². The van der Waals surface area contributed by atoms with Gasteiger partial charge in [0.05, 0.1) is 18.9 Å². The average Bonchev–Trinajstić information content (AvgIpc) is 3.43. The highest BCUT2D eigenvalue weighted by Crippen LogP contribution is 2.58. The number of carbonyl (C=O) groups is 1. The molecule has 4 atom stereocenters. The maximum atomic E-state index is 12.9. The summed E-state index contributed by atoms with van der Waals surface area (Å²) in [7, 11) is 0. The largest absolute Gasteiger partial charge is 0.394 e. The van der Waals surface area contributed by atoms with Crippen LogP contribution in [0.3, 0.4) is 0 Å². The number of benzene rings is 1. The first-order valence-corrected chi connectivity index (χ1v) is 13.1. The minimum absolute atomic E-state index is 0.0211. The number of nitrogens with one attached hydrogen (secondary N) is 2. The van der Waals surface area contributed by atoms with Crippen LogP contribution in [0.25, 0.3) is 11.1 Å². The third kappa shape index (κ3) is 4.89. The zero-order chi connectivity index (χ0) is 24.6. The number of aryl methyl sites for hydroxylation is 1. The number of aliphatic hydroxyl groups is 1. The summed E-state index contributed by atoms with van der Waals surface area (Å²) in [5.74, 6) is 1.91. The Balaban J connectivity index is 1.45. The highest BCUT2D eigenvalue weighted by atomic mass is 16.5. The molecule has 5 rings (SSSR count). The van der Waals surface area contributed by atoms with Gasteiger partial charge < -0.3 is 25.4 Å². The first kappa shape index (κ1) is 24.1. The van der Waals surface area contributed by atoms with Gasteiger partial charge in [-0.05, 0) is 85.9 Å². The van der Waals surface area contributed by atoms with E-state index < -0.39 is 0 Å². The zero-order valence-corrected chi connectivity index (χ0v) is 21.1. The van der Waals surface area contributed by atoms with Crippen molar-refractivity contribution in [1.29, 1.82) is 0 Å². The van der Waals surface area contributed by atoms with Gasteiger partial charge in [-0.1, -0.05) is 19.4 Å². The summed E-state index contributed by atoms with van der Waals surface area (Å²) >= 11 is 0. The van der Waals surface area contributed by atoms with Crippen molar-refractivity contribution in [3.8, 4) is 11.1 Å². The lowest BCUT2D eigenvalue weighted by Gasteiger charge is -2.24. The first-order chi connectivity index (χ1) is 16.9. The van der Waals surface area contributed by atoms with Crippen molar-refractivity contribution in [3.05, 3.63) is 41.6 Å². The molecule has 2 saturated heterocycles. The summed E-state index contributed by atoms with van der Waals surface area (Å²) in [5.41, 5.74) is 5.31. The molecular formula is C28H38N4O3. The van der Waals surface area contributed by atoms with E-state index in [1.165, 1.54) is 0 Å². The van der Waals surface area contributed by atoms with Gasteiger partial charge >= 0.3 is 6.03 Å². The van der Waals surface area contributed by atoms with Crippen molar-refractivity contribution in [3.63, 3.8) is 0 Å². The summed E-state index contributed by atoms with van der Waals surface area (Å²) in [5, 5.41) is 16.1. The van der Waals surface area contributed by atoms with Crippen molar-refractivity contribution >= 4 is 17.5 Å². The molecule has 0 bridgehead atoms. The average molecular weight is 479 g/mol. The number of pyridine rings is 1. The van der Waals surface area contributed by atoms with E-state index in [9.17, 15) is 9.90 Å². The van der Waals surface area contributed by atoms with Crippen LogP contribution >= 0.6 is 0 Å². The standard InChI is InChI=1S/C28H38N4O3/c1-4-20-7-9-32(15-20)27(34)30-23-6-5-18(2)24(13-23)21-11-25(28-8-10-35-17-22(28)14-28)31-26(12-21)29-19(3)16-33/h5-6,11-13,19-20,22,33H,4,7-10,14-17H2,1-3H3,(H,29,31)(H,30,34)/t19-,20-,22-,28+/m1/s1. The quantitative estimate of drug-likeness (QED) is 0.533. The van der Waals surface area contributed by atoms with Crippen LogP contribution in [0, 0.1) is 18.8 Å². The minimum Gasteiger partial charge on any atom is -0.394 e. The molecule has 188 valence electrons. The predicted octanol–water partition coefficient (Wildman–Crippen LogP) is 4.79. The van der Waals surface area contributed by atoms with Crippen LogP contribution in [0.1, 0.15) is 50.8 Å². The molecule has 0 radical (unpaired) electrons. The SMILES string of the molecule is CC[C@@H]1CCN(C(=O)Nc2ccc(C)c(-c3cc(N[C@H](C)CO)nc([C@]45CCOC[C@H]4C5)c3)c2)C1. The van der Waals surface area contributed by atoms with Gasteiger partial charge in [0.15, 0.2) is 0 Å². The van der Waals surface area contributed by atoms with Crippen molar-refractivity contribution in [2.45, 2.75) is 57.9 Å². The van der Waals surface area contributed by atoms with E-state index in [4.69, 9.17) is 9.72 Å². The number of amides is 2. The fraction of sp³-hybridized carbons (Fsp3) is 0.571. The van der Waals surface area contributed by atoms with Gasteiger partial charge in [-0.3, -0.25) is 0 Å². The number of rotatable bonds is 7. The number of nitrogens with zero attached hydrogens (tertiary/aromatic N) is 2. The maximum Gasteiger partial charge on any atom is 0.321 e. The van der Waals surface area contributed by atoms with E-state index in [0.717, 1.165) is 85.9 Å². The number of anilines is 2. The van der Waals surface area contributed by atoms with E-state index in [-0.39, 0.29) is 24.1 Å². The van der Waals surface area contributed by atoms with Crippen LogP contribution < -0.4 is 10.6 Å². The summed E-state index contributed by atoms with van der Waals surface area (Å²) in [6.45, 7) is 9.51. The second kappa shape index (κ2) is 9.78. The van der Waals surface area contributed by atoms with Crippen LogP contribution in [0.15, 0.2) is 30.3 Å². The summed E-state index contributed by atoms with van der Waals surface area (Å²) < 4.78 is 5.70. The minimum atomic E-state index is -0.0908. The van der Waals surface area contributed by atoms with Crippen molar-refractivity contribution in [1.82, 2.24) is 9.88 Å². The Morgan fingerprint density at radius 1 is 1.34 bits per heavy atom. The smallest absolute Gasteiger partial charge is 0.321 e. The predicted molar refractivity (Wildman–Crippen MR) is 139 cm³/mol. The summed E-state index contributed by atoms with van der Waals surface area (Å²) in [6, 6.07) is 10.3. The Morgan fingerprint density at radius 3 is 2.94 bits per heavy atom. The van der Waals surface area contributed by atoms with Crippen molar-refractivity contribution in [2.75, 3.05) is 43.5 Å². The number of urea groups is 1. The highest BCUT2D eigenvalue weighted by Gasteiger charge is 2.57. The van der Waals surface area contributed by atoms with E-state index in [0.29, 0.717) is 11.8 Å². The molecule has 3 fully saturated rings. The third-order valence-electron chi connectivity index (χ3n) is 8.20. The fourth-order valence-electron chi connectivity index (χ4n) is 5.70. The molecule has 3 N–H and O–H groups in total. The first-order valence-electron chi connectivity index (χ1n) is 13.1. The molecule has 1 aliphatic carbocycles. The molecular weight excluding hydrogens is 440 g/mol. The molecule has 3 heterocycles. The molecule has 2 aliphatic heterocycles. The number of carbonyl (C=O) groups excluding carboxylic acids is 1. The normalized spacial score (nSPS) is 26.2. The second-order valence-corrected chi connectivity index (χ2v) is 10.7. The number of aromatic nitrogens is 1. The number of likely N-dealkylation sites (tertiary alicyclic amines) is 1. The van der Waals surface area contributed by atoms with Gasteiger partial charge in [-0.15, -0.1) is 0 Å². The zero-order valence-electron chi connectivity index (χ0n) is 21.1. The van der Waals surface area contributed by atoms with Crippen LogP contribution in [0.5, 0.6) is 0 Å². The van der Waals surface area contributed by atoms with Gasteiger partial charge in [-0.25, -0.2) is 9.78 Å². The molecule has 3 aliphatic rings. The molecule has 7 nitrogen and oxygen atoms in total. The van der Waals surface area contributed by atoms with Gasteiger partial charge in [-0.2, -0.15) is 0 Å². The summed E-state index contributed by atoms with van der Waals surface area (Å²) in [4.78, 5) is 19.8. The second-order valence-electron chi connectivity index (χ2n) is 10.7. The molecule has 1 saturated carbocycles. The highest BCUT2D eigenvalue weighted by molar-refractivity contribution is 5.90. The molecule has 0 spiro atoms.